The van der Waals surface area contributed by atoms with Crippen LogP contribution in [-0.2, 0) is 41.8 Å². The van der Waals surface area contributed by atoms with Gasteiger partial charge in [0.15, 0.2) is 0 Å². The Bertz CT molecular complexity index is 6190. The highest BCUT2D eigenvalue weighted by atomic mass is 16.7. The first-order chi connectivity index (χ1) is 59.1. The lowest BCUT2D eigenvalue weighted by molar-refractivity contribution is 0.00578. The summed E-state index contributed by atoms with van der Waals surface area (Å²) in [7, 11) is 9.11. The van der Waals surface area contributed by atoms with Gasteiger partial charge in [0.2, 0.25) is 0 Å². The van der Waals surface area contributed by atoms with Gasteiger partial charge in [-0.05, 0) is 284 Å². The van der Waals surface area contributed by atoms with Crippen LogP contribution in [0.2, 0.25) is 0 Å². The van der Waals surface area contributed by atoms with E-state index in [0.29, 0.717) is 5.59 Å². The third-order valence-electron chi connectivity index (χ3n) is 24.8. The van der Waals surface area contributed by atoms with Gasteiger partial charge in [0.25, 0.3) is 0 Å². The molecule has 0 spiro atoms. The van der Waals surface area contributed by atoms with E-state index in [2.05, 4.69) is 391 Å². The molecule has 0 N–H and O–H groups in total. The van der Waals surface area contributed by atoms with Crippen molar-refractivity contribution in [1.82, 2.24) is 19.9 Å². The third kappa shape index (κ3) is 21.1. The Hall–Kier alpha value is -11.6. The molecule has 10 heteroatoms. The standard InChI is InChI=1S/C55H58N2O.C38H46BNO3.C23H24BN/c1-35-25-43(53(3,4)5)26-36(2)52(35)42-32-47(37-19-14-13-15-20-37)56-49(33-42)39-22-18-21-38(27-39)48-30-41(31-50(57-48)46-23-16-17-24-51(46)58-12)40-28-44(54(6,7)8)34-45(29-40)55(9,10)11;1-35(2,3)28-19-26(20-29(24-28)36(4,5)6)27-22-32(40-33(23-27)31-17-12-13-18-34(31)41-11)25-15-14-16-30(21-25)39-42-37(7,8)38(9,10)43-39;1-15-11-19(23(3,4)5)12-16(2)22(15)18-13-20(25-21(24)14-18)17-9-7-6-8-10-17/h13-34H,1-12H3;12-24H,1-11H3;6-14H,1-5H3. The molecule has 0 aliphatic carbocycles. The van der Waals surface area contributed by atoms with Crippen molar-refractivity contribution in [3.05, 3.63) is 323 Å². The molecule has 1 saturated heterocycles. The summed E-state index contributed by atoms with van der Waals surface area (Å²) >= 11 is 0. The summed E-state index contributed by atoms with van der Waals surface area (Å²) in [6.45, 7) is 58.1. The van der Waals surface area contributed by atoms with Gasteiger partial charge in [-0.3, -0.25) is 4.98 Å². The number of para-hydroxylation sites is 2. The Labute approximate surface area is 755 Å². The molecule has 0 bridgehead atoms. The highest BCUT2D eigenvalue weighted by Gasteiger charge is 2.52. The van der Waals surface area contributed by atoms with Gasteiger partial charge in [0, 0.05) is 33.4 Å². The number of hydrogen-bond acceptors (Lipinski definition) is 8. The number of methoxy groups -OCH3 is 2. The van der Waals surface area contributed by atoms with Crippen molar-refractivity contribution in [1.29, 1.82) is 0 Å². The zero-order valence-electron chi connectivity index (χ0n) is 80.0. The molecule has 14 aromatic rings. The zero-order valence-corrected chi connectivity index (χ0v) is 80.0. The number of aryl methyl sites for hydroxylation is 4. The molecule has 0 saturated carbocycles. The minimum Gasteiger partial charge on any atom is -0.496 e. The second kappa shape index (κ2) is 36.1. The van der Waals surface area contributed by atoms with Crippen molar-refractivity contribution in [2.45, 2.75) is 224 Å². The number of hydrogen-bond donors (Lipinski definition) is 0. The Morgan fingerprint density at radius 2 is 0.532 bits per heavy atom. The molecule has 642 valence electrons. The van der Waals surface area contributed by atoms with Gasteiger partial charge in [0.05, 0.1) is 65.3 Å². The lowest BCUT2D eigenvalue weighted by Gasteiger charge is -2.32. The van der Waals surface area contributed by atoms with Gasteiger partial charge in [-0.15, -0.1) is 0 Å². The second-order valence-electron chi connectivity index (χ2n) is 41.5. The maximum Gasteiger partial charge on any atom is 0.494 e. The van der Waals surface area contributed by atoms with Gasteiger partial charge in [0.1, 0.15) is 19.3 Å². The molecule has 1 fully saturated rings. The minimum atomic E-state index is -0.445. The molecule has 0 unspecified atom stereocenters. The van der Waals surface area contributed by atoms with Crippen LogP contribution >= 0.6 is 0 Å². The quantitative estimate of drug-likeness (QED) is 0.0995. The highest BCUT2D eigenvalue weighted by molar-refractivity contribution is 6.62. The first kappa shape index (κ1) is 92.1. The predicted octanol–water partition coefficient (Wildman–Crippen LogP) is 29.1. The van der Waals surface area contributed by atoms with E-state index in [9.17, 15) is 0 Å². The Balaban J connectivity index is 0.000000175. The zero-order chi connectivity index (χ0) is 91.1. The Morgan fingerprint density at radius 1 is 0.262 bits per heavy atom. The van der Waals surface area contributed by atoms with Gasteiger partial charge in [-0.1, -0.05) is 313 Å². The summed E-state index contributed by atoms with van der Waals surface area (Å²) in [4.78, 5) is 20.4. The van der Waals surface area contributed by atoms with Gasteiger partial charge in [-0.25, -0.2) is 15.0 Å². The number of nitrogens with zero attached hydrogens (tertiary/aromatic N) is 4. The fourth-order valence-corrected chi connectivity index (χ4v) is 16.4. The van der Waals surface area contributed by atoms with Crippen LogP contribution in [0.25, 0.3) is 123 Å². The lowest BCUT2D eigenvalue weighted by Crippen LogP contribution is -2.41. The van der Waals surface area contributed by atoms with Crippen LogP contribution in [0.4, 0.5) is 0 Å². The molecule has 1 aliphatic heterocycles. The van der Waals surface area contributed by atoms with Gasteiger partial charge in [-0.2, -0.15) is 0 Å². The number of pyridine rings is 4. The predicted molar refractivity (Wildman–Crippen MR) is 536 cm³/mol. The SMILES string of the molecule is COc1ccccc1-c1cc(-c2cc(C(C)(C)C)cc(C(C)(C)C)c2)cc(-c2cccc(-c3cc(-c4c(C)cc(C(C)(C)C)cc4C)cc(-c4ccccc4)n3)c2)n1.COc1ccccc1-c1cc(-c2cc(C(C)(C)C)cc(C(C)(C)C)c2)cc(-c2cccc(B3OC(C)(C)C(C)(C)O3)c2)n1.[B]c1cc(-c2c(C)cc(C(C)(C)C)cc2C)cc(-c2ccccc2)n1. The number of benzene rings is 10. The molecule has 4 aromatic heterocycles. The van der Waals surface area contributed by atoms with Gasteiger partial charge < -0.3 is 18.8 Å². The molecule has 8 nitrogen and oxygen atoms in total. The van der Waals surface area contributed by atoms with Crippen LogP contribution in [0.3, 0.4) is 0 Å². The topological polar surface area (TPSA) is 88.5 Å². The molecule has 10 aromatic carbocycles. The van der Waals surface area contributed by atoms with Crippen molar-refractivity contribution < 1.29 is 18.8 Å². The average Bonchev–Trinajstić information content (AvgIpc) is 0.838. The van der Waals surface area contributed by atoms with E-state index in [1.807, 2.05) is 60.7 Å². The van der Waals surface area contributed by atoms with Crippen LogP contribution in [0, 0.1) is 27.7 Å². The summed E-state index contributed by atoms with van der Waals surface area (Å²) in [6.07, 6.45) is 0. The van der Waals surface area contributed by atoms with E-state index < -0.39 is 18.3 Å². The van der Waals surface area contributed by atoms with E-state index in [1.54, 1.807) is 14.2 Å². The maximum absolute atomic E-state index is 6.39. The van der Waals surface area contributed by atoms with Crippen LogP contribution in [0.5, 0.6) is 11.5 Å². The molecule has 0 atom stereocenters. The summed E-state index contributed by atoms with van der Waals surface area (Å²) in [5.41, 5.74) is 36.8. The van der Waals surface area contributed by atoms with Crippen molar-refractivity contribution in [3.8, 4) is 135 Å². The fourth-order valence-electron chi connectivity index (χ4n) is 16.4. The van der Waals surface area contributed by atoms with Crippen LogP contribution < -0.4 is 20.5 Å². The molecule has 15 rings (SSSR count). The minimum absolute atomic E-state index is 0.00845. The summed E-state index contributed by atoms with van der Waals surface area (Å²) < 4.78 is 24.4. The molecule has 0 amide bonds. The van der Waals surface area contributed by atoms with E-state index in [4.69, 9.17) is 41.6 Å². The Kier molecular flexibility index (Phi) is 26.4. The second-order valence-corrected chi connectivity index (χ2v) is 41.5. The van der Waals surface area contributed by atoms with Crippen LogP contribution in [0.1, 0.15) is 208 Å². The molecular weight excluding hydrogens is 1530 g/mol. The summed E-state index contributed by atoms with van der Waals surface area (Å²) in [5.74, 6) is 1.59. The highest BCUT2D eigenvalue weighted by Crippen LogP contribution is 2.45. The summed E-state index contributed by atoms with van der Waals surface area (Å²) in [5, 5.41) is 0. The summed E-state index contributed by atoms with van der Waals surface area (Å²) in [6, 6.07) is 94.9. The van der Waals surface area contributed by atoms with E-state index >= 15 is 0 Å². The third-order valence-corrected chi connectivity index (χ3v) is 24.8. The van der Waals surface area contributed by atoms with Crippen LogP contribution in [-0.4, -0.2) is 60.3 Å². The molecule has 126 heavy (non-hydrogen) atoms. The van der Waals surface area contributed by atoms with Crippen molar-refractivity contribution in [2.24, 2.45) is 0 Å². The first-order valence-electron chi connectivity index (χ1n) is 44.5. The van der Waals surface area contributed by atoms with Crippen molar-refractivity contribution >= 4 is 26.0 Å². The first-order valence-corrected chi connectivity index (χ1v) is 44.5. The van der Waals surface area contributed by atoms with Crippen molar-refractivity contribution in [2.75, 3.05) is 14.2 Å². The smallest absolute Gasteiger partial charge is 0.494 e. The largest absolute Gasteiger partial charge is 0.496 e. The molecule has 2 radical (unpaired) electrons. The van der Waals surface area contributed by atoms with Crippen molar-refractivity contribution in [3.63, 3.8) is 0 Å². The van der Waals surface area contributed by atoms with Crippen LogP contribution in [0.15, 0.2) is 267 Å². The fraction of sp³-hybridized carbons (Fsp3) is 0.310. The lowest BCUT2D eigenvalue weighted by atomic mass is 9.78. The van der Waals surface area contributed by atoms with Gasteiger partial charge >= 0.3 is 7.12 Å². The average molecular weight is 1660 g/mol. The molecule has 5 heterocycles. The number of ether oxygens (including phenoxy) is 2. The maximum atomic E-state index is 6.39. The number of aromatic nitrogens is 4. The monoisotopic (exact) mass is 1660 g/mol. The normalized spacial score (nSPS) is 13.5. The van der Waals surface area contributed by atoms with E-state index in [1.165, 1.54) is 77.9 Å². The number of rotatable bonds is 14. The molecule has 1 aliphatic rings. The molecular formula is C116H128B2N4O4. The Morgan fingerprint density at radius 3 is 0.889 bits per heavy atom. The van der Waals surface area contributed by atoms with E-state index in [0.717, 1.165) is 118 Å². The van der Waals surface area contributed by atoms with E-state index in [-0.39, 0.29) is 32.5 Å².